The molecule has 2 aromatic rings. The van der Waals surface area contributed by atoms with Crippen LogP contribution in [-0.4, -0.2) is 30.3 Å². The van der Waals surface area contributed by atoms with Crippen molar-refractivity contribution in [3.05, 3.63) is 65.7 Å². The van der Waals surface area contributed by atoms with Crippen LogP contribution in [0.3, 0.4) is 0 Å². The molecular weight excluding hydrogens is 396 g/mol. The molecule has 1 amide bonds. The van der Waals surface area contributed by atoms with Crippen molar-refractivity contribution >= 4 is 12.1 Å². The highest BCUT2D eigenvalue weighted by molar-refractivity contribution is 5.70. The number of carbonyl (C=O) groups excluding carboxylic acids is 2. The Kier molecular flexibility index (Phi) is 8.89. The van der Waals surface area contributed by atoms with E-state index in [-0.39, 0.29) is 25.6 Å². The number of nitriles is 1. The second-order valence-electron chi connectivity index (χ2n) is 7.98. The Balaban J connectivity index is 1.91. The highest BCUT2D eigenvalue weighted by Crippen LogP contribution is 2.14. The fraction of sp³-hybridized carbons (Fsp3) is 0.375. The van der Waals surface area contributed by atoms with E-state index in [1.165, 1.54) is 0 Å². The lowest BCUT2D eigenvalue weighted by molar-refractivity contribution is -0.145. The summed E-state index contributed by atoms with van der Waals surface area (Å²) in [5.41, 5.74) is 0.726. The maximum absolute atomic E-state index is 12.2. The minimum absolute atomic E-state index is 0.106. The third-order valence-electron chi connectivity index (χ3n) is 4.07. The van der Waals surface area contributed by atoms with Crippen LogP contribution in [0.15, 0.2) is 54.6 Å². The fourth-order valence-corrected chi connectivity index (χ4v) is 2.63. The molecule has 0 heterocycles. The summed E-state index contributed by atoms with van der Waals surface area (Å²) in [7, 11) is 0. The van der Waals surface area contributed by atoms with E-state index in [0.29, 0.717) is 17.7 Å². The van der Waals surface area contributed by atoms with Gasteiger partial charge in [0.25, 0.3) is 0 Å². The third kappa shape index (κ3) is 9.68. The molecule has 31 heavy (non-hydrogen) atoms. The molecule has 0 radical (unpaired) electrons. The maximum atomic E-state index is 12.2. The molecule has 1 N–H and O–H groups in total. The van der Waals surface area contributed by atoms with Crippen LogP contribution in [-0.2, 0) is 20.9 Å². The number of benzene rings is 2. The van der Waals surface area contributed by atoms with Gasteiger partial charge in [0.15, 0.2) is 0 Å². The van der Waals surface area contributed by atoms with Crippen molar-refractivity contribution in [2.45, 2.75) is 51.9 Å². The largest absolute Gasteiger partial charge is 0.491 e. The normalized spacial score (nSPS) is 11.7. The monoisotopic (exact) mass is 424 g/mol. The number of hydrogen-bond acceptors (Lipinski definition) is 6. The SMILES string of the molecule is CC(C)(C)OC(=O)N[C@H](CCC(=O)OCc1ccccc1)COc1cccc(C#N)c1. The van der Waals surface area contributed by atoms with Gasteiger partial charge >= 0.3 is 12.1 Å². The molecule has 0 aliphatic carbocycles. The van der Waals surface area contributed by atoms with Crippen LogP contribution in [0.5, 0.6) is 5.75 Å². The zero-order chi connectivity index (χ0) is 22.7. The maximum Gasteiger partial charge on any atom is 0.407 e. The Bertz CT molecular complexity index is 900. The number of carbonyl (C=O) groups is 2. The molecule has 0 aliphatic rings. The minimum atomic E-state index is -0.648. The van der Waals surface area contributed by atoms with Gasteiger partial charge in [0.2, 0.25) is 0 Å². The summed E-state index contributed by atoms with van der Waals surface area (Å²) in [5.74, 6) is 0.132. The average molecular weight is 424 g/mol. The third-order valence-corrected chi connectivity index (χ3v) is 4.07. The Labute approximate surface area is 182 Å². The lowest BCUT2D eigenvalue weighted by Gasteiger charge is -2.23. The van der Waals surface area contributed by atoms with E-state index in [1.807, 2.05) is 36.4 Å². The minimum Gasteiger partial charge on any atom is -0.491 e. The summed E-state index contributed by atoms with van der Waals surface area (Å²) in [5, 5.41) is 11.8. The first-order valence-electron chi connectivity index (χ1n) is 10.1. The molecule has 0 aromatic heterocycles. The number of alkyl carbamates (subject to hydrolysis) is 1. The lowest BCUT2D eigenvalue weighted by atomic mass is 10.1. The fourth-order valence-electron chi connectivity index (χ4n) is 2.63. The van der Waals surface area contributed by atoms with Crippen molar-refractivity contribution in [3.63, 3.8) is 0 Å². The van der Waals surface area contributed by atoms with E-state index in [4.69, 9.17) is 19.5 Å². The van der Waals surface area contributed by atoms with Gasteiger partial charge in [-0.15, -0.1) is 0 Å². The Morgan fingerprint density at radius 2 is 1.84 bits per heavy atom. The van der Waals surface area contributed by atoms with Crippen LogP contribution in [0, 0.1) is 11.3 Å². The molecule has 0 bridgehead atoms. The summed E-state index contributed by atoms with van der Waals surface area (Å²) >= 11 is 0. The van der Waals surface area contributed by atoms with Gasteiger partial charge in [-0.3, -0.25) is 4.79 Å². The van der Waals surface area contributed by atoms with Crippen molar-refractivity contribution in [2.24, 2.45) is 0 Å². The highest BCUT2D eigenvalue weighted by atomic mass is 16.6. The van der Waals surface area contributed by atoms with Crippen LogP contribution in [0.2, 0.25) is 0 Å². The first-order chi connectivity index (χ1) is 14.7. The van der Waals surface area contributed by atoms with Crippen molar-refractivity contribution < 1.29 is 23.8 Å². The number of rotatable bonds is 9. The van der Waals surface area contributed by atoms with Crippen LogP contribution in [0.1, 0.15) is 44.7 Å². The van der Waals surface area contributed by atoms with Gasteiger partial charge in [0, 0.05) is 6.42 Å². The standard InChI is InChI=1S/C24H28N2O5/c1-24(2,3)31-23(28)26-20(17-29-21-11-7-10-19(14-21)15-25)12-13-22(27)30-16-18-8-5-4-6-9-18/h4-11,14,20H,12-13,16-17H2,1-3H3,(H,26,28)/t20-/m1/s1. The number of esters is 1. The summed E-state index contributed by atoms with van der Waals surface area (Å²) in [6.07, 6.45) is -0.177. The molecule has 0 fully saturated rings. The molecule has 0 saturated heterocycles. The van der Waals surface area contributed by atoms with Crippen molar-refractivity contribution in [2.75, 3.05) is 6.61 Å². The van der Waals surface area contributed by atoms with Crippen LogP contribution in [0.25, 0.3) is 0 Å². The van der Waals surface area contributed by atoms with E-state index in [0.717, 1.165) is 5.56 Å². The van der Waals surface area contributed by atoms with Crippen molar-refractivity contribution in [1.82, 2.24) is 5.32 Å². The Morgan fingerprint density at radius 3 is 2.52 bits per heavy atom. The van der Waals surface area contributed by atoms with E-state index in [2.05, 4.69) is 5.32 Å². The molecule has 7 heteroatoms. The van der Waals surface area contributed by atoms with Gasteiger partial charge in [-0.2, -0.15) is 5.26 Å². The Morgan fingerprint density at radius 1 is 1.10 bits per heavy atom. The predicted molar refractivity (Wildman–Crippen MR) is 115 cm³/mol. The second-order valence-corrected chi connectivity index (χ2v) is 7.98. The van der Waals surface area contributed by atoms with Gasteiger partial charge in [-0.25, -0.2) is 4.79 Å². The first-order valence-corrected chi connectivity index (χ1v) is 10.1. The number of hydrogen-bond donors (Lipinski definition) is 1. The average Bonchev–Trinajstić information content (AvgIpc) is 2.73. The van der Waals surface area contributed by atoms with E-state index >= 15 is 0 Å². The van der Waals surface area contributed by atoms with E-state index in [1.54, 1.807) is 45.0 Å². The molecule has 1 atom stereocenters. The van der Waals surface area contributed by atoms with Crippen LogP contribution in [0.4, 0.5) is 4.79 Å². The zero-order valence-electron chi connectivity index (χ0n) is 18.1. The van der Waals surface area contributed by atoms with E-state index < -0.39 is 17.7 Å². The smallest absolute Gasteiger partial charge is 0.407 e. The van der Waals surface area contributed by atoms with Crippen LogP contribution < -0.4 is 10.1 Å². The summed E-state index contributed by atoms with van der Waals surface area (Å²) in [6.45, 7) is 5.62. The number of amides is 1. The molecule has 2 aromatic carbocycles. The summed E-state index contributed by atoms with van der Waals surface area (Å²) in [4.78, 5) is 24.3. The van der Waals surface area contributed by atoms with Gasteiger partial charge in [-0.05, 0) is 51.0 Å². The first kappa shape index (κ1) is 23.7. The highest BCUT2D eigenvalue weighted by Gasteiger charge is 2.21. The number of ether oxygens (including phenoxy) is 3. The molecule has 0 aliphatic heterocycles. The molecule has 164 valence electrons. The second kappa shape index (κ2) is 11.6. The van der Waals surface area contributed by atoms with Crippen LogP contribution >= 0.6 is 0 Å². The summed E-state index contributed by atoms with van der Waals surface area (Å²) < 4.78 is 16.3. The van der Waals surface area contributed by atoms with Gasteiger partial charge in [-0.1, -0.05) is 36.4 Å². The Hall–Kier alpha value is -3.53. The molecule has 0 unspecified atom stereocenters. The van der Waals surface area contributed by atoms with Gasteiger partial charge < -0.3 is 19.5 Å². The molecule has 7 nitrogen and oxygen atoms in total. The summed E-state index contributed by atoms with van der Waals surface area (Å²) in [6, 6.07) is 17.7. The van der Waals surface area contributed by atoms with Crippen molar-refractivity contribution in [3.8, 4) is 11.8 Å². The number of nitrogens with zero attached hydrogens (tertiary/aromatic N) is 1. The predicted octanol–water partition coefficient (Wildman–Crippen LogP) is 4.35. The molecular formula is C24H28N2O5. The topological polar surface area (TPSA) is 97.7 Å². The number of nitrogens with one attached hydrogen (secondary N) is 1. The van der Waals surface area contributed by atoms with Gasteiger partial charge in [0.1, 0.15) is 24.6 Å². The zero-order valence-corrected chi connectivity index (χ0v) is 18.1. The quantitative estimate of drug-likeness (QED) is 0.601. The van der Waals surface area contributed by atoms with E-state index in [9.17, 15) is 9.59 Å². The molecule has 0 spiro atoms. The lowest BCUT2D eigenvalue weighted by Crippen LogP contribution is -2.42. The van der Waals surface area contributed by atoms with Crippen molar-refractivity contribution in [1.29, 1.82) is 5.26 Å². The van der Waals surface area contributed by atoms with Gasteiger partial charge in [0.05, 0.1) is 17.7 Å². The molecule has 0 saturated carbocycles. The molecule has 2 rings (SSSR count).